The maximum Gasteiger partial charge on any atom is 0.123 e. The Morgan fingerprint density at radius 2 is 2.06 bits per heavy atom. The Labute approximate surface area is 102 Å². The minimum Gasteiger partial charge on any atom is -0.508 e. The van der Waals surface area contributed by atoms with E-state index in [1.54, 1.807) is 12.1 Å². The fourth-order valence-electron chi connectivity index (χ4n) is 1.93. The van der Waals surface area contributed by atoms with E-state index in [1.165, 1.54) is 0 Å². The molecular formula is C13H19NO3. The van der Waals surface area contributed by atoms with Gasteiger partial charge in [0.2, 0.25) is 0 Å². The molecule has 1 fully saturated rings. The van der Waals surface area contributed by atoms with E-state index in [9.17, 15) is 5.11 Å². The molecule has 0 unspecified atom stereocenters. The summed E-state index contributed by atoms with van der Waals surface area (Å²) < 4.78 is 10.9. The molecule has 0 aliphatic carbocycles. The monoisotopic (exact) mass is 237 g/mol. The molecule has 2 rings (SSSR count). The van der Waals surface area contributed by atoms with Gasteiger partial charge in [-0.15, -0.1) is 0 Å². The van der Waals surface area contributed by atoms with Crippen molar-refractivity contribution < 1.29 is 14.6 Å². The molecule has 1 aromatic carbocycles. The number of rotatable bonds is 4. The summed E-state index contributed by atoms with van der Waals surface area (Å²) in [4.78, 5) is 2.32. The second-order valence-corrected chi connectivity index (χ2v) is 4.31. The molecule has 1 aliphatic heterocycles. The average molecular weight is 237 g/mol. The van der Waals surface area contributed by atoms with Gasteiger partial charge in [-0.1, -0.05) is 0 Å². The first kappa shape index (κ1) is 12.2. The predicted octanol–water partition coefficient (Wildman–Crippen LogP) is 1.41. The van der Waals surface area contributed by atoms with E-state index in [0.717, 1.165) is 44.2 Å². The Morgan fingerprint density at radius 1 is 1.29 bits per heavy atom. The third-order valence-corrected chi connectivity index (χ3v) is 2.82. The largest absolute Gasteiger partial charge is 0.508 e. The fraction of sp³-hybridized carbons (Fsp3) is 0.538. The van der Waals surface area contributed by atoms with Crippen LogP contribution < -0.4 is 4.74 Å². The maximum atomic E-state index is 9.43. The first-order chi connectivity index (χ1) is 8.24. The lowest BCUT2D eigenvalue weighted by Gasteiger charge is -2.26. The van der Waals surface area contributed by atoms with Crippen molar-refractivity contribution in [2.75, 3.05) is 39.5 Å². The molecule has 1 heterocycles. The van der Waals surface area contributed by atoms with Gasteiger partial charge < -0.3 is 14.6 Å². The van der Waals surface area contributed by atoms with E-state index in [4.69, 9.17) is 9.47 Å². The number of aryl methyl sites for hydroxylation is 1. The second kappa shape index (κ2) is 5.89. The van der Waals surface area contributed by atoms with Crippen molar-refractivity contribution in [3.05, 3.63) is 23.8 Å². The van der Waals surface area contributed by atoms with Crippen molar-refractivity contribution in [2.45, 2.75) is 6.92 Å². The first-order valence-electron chi connectivity index (χ1n) is 5.97. The Morgan fingerprint density at radius 3 is 2.76 bits per heavy atom. The minimum absolute atomic E-state index is 0.256. The highest BCUT2D eigenvalue weighted by Crippen LogP contribution is 2.21. The lowest BCUT2D eigenvalue weighted by atomic mass is 10.2. The SMILES string of the molecule is Cc1cc(O)cc(OCCN2CCOCC2)c1. The molecule has 0 saturated carbocycles. The number of benzene rings is 1. The zero-order valence-corrected chi connectivity index (χ0v) is 10.2. The summed E-state index contributed by atoms with van der Waals surface area (Å²) in [5.74, 6) is 0.988. The maximum absolute atomic E-state index is 9.43. The van der Waals surface area contributed by atoms with Crippen molar-refractivity contribution >= 4 is 0 Å². The molecule has 0 bridgehead atoms. The standard InChI is InChI=1S/C13H19NO3/c1-11-8-12(15)10-13(9-11)17-7-4-14-2-5-16-6-3-14/h8-10,15H,2-7H2,1H3. The number of nitrogens with zero attached hydrogens (tertiary/aromatic N) is 1. The quantitative estimate of drug-likeness (QED) is 0.859. The topological polar surface area (TPSA) is 41.9 Å². The summed E-state index contributed by atoms with van der Waals surface area (Å²) in [6.45, 7) is 7.05. The molecule has 1 N–H and O–H groups in total. The highest BCUT2D eigenvalue weighted by Gasteiger charge is 2.09. The van der Waals surface area contributed by atoms with Crippen LogP contribution in [0.4, 0.5) is 0 Å². The van der Waals surface area contributed by atoms with Gasteiger partial charge in [-0.2, -0.15) is 0 Å². The van der Waals surface area contributed by atoms with Crippen LogP contribution >= 0.6 is 0 Å². The number of hydrogen-bond acceptors (Lipinski definition) is 4. The molecule has 1 aromatic rings. The van der Waals surface area contributed by atoms with Crippen LogP contribution in [0.5, 0.6) is 11.5 Å². The summed E-state index contributed by atoms with van der Waals surface area (Å²) in [6, 6.07) is 5.29. The van der Waals surface area contributed by atoms with Crippen LogP contribution in [0.1, 0.15) is 5.56 Å². The van der Waals surface area contributed by atoms with E-state index >= 15 is 0 Å². The molecule has 0 aromatic heterocycles. The van der Waals surface area contributed by atoms with Crippen LogP contribution in [0.25, 0.3) is 0 Å². The number of phenolic OH excluding ortho intramolecular Hbond substituents is 1. The summed E-state index contributed by atoms with van der Waals surface area (Å²) in [7, 11) is 0. The van der Waals surface area contributed by atoms with Crippen LogP contribution in [0.15, 0.2) is 18.2 Å². The molecule has 17 heavy (non-hydrogen) atoms. The molecule has 94 valence electrons. The zero-order valence-electron chi connectivity index (χ0n) is 10.2. The van der Waals surface area contributed by atoms with Crippen molar-refractivity contribution in [1.29, 1.82) is 0 Å². The average Bonchev–Trinajstić information content (AvgIpc) is 2.29. The Balaban J connectivity index is 1.77. The smallest absolute Gasteiger partial charge is 0.123 e. The Bertz CT molecular complexity index is 341. The van der Waals surface area contributed by atoms with Crippen LogP contribution in [0.2, 0.25) is 0 Å². The van der Waals surface area contributed by atoms with Gasteiger partial charge in [0.15, 0.2) is 0 Å². The van der Waals surface area contributed by atoms with Crippen LogP contribution in [-0.4, -0.2) is 49.5 Å². The molecule has 0 spiro atoms. The van der Waals surface area contributed by atoms with Gasteiger partial charge in [-0.3, -0.25) is 4.90 Å². The van der Waals surface area contributed by atoms with E-state index in [-0.39, 0.29) is 5.75 Å². The molecule has 4 heteroatoms. The van der Waals surface area contributed by atoms with Crippen molar-refractivity contribution in [3.8, 4) is 11.5 Å². The Hall–Kier alpha value is -1.26. The number of morpholine rings is 1. The highest BCUT2D eigenvalue weighted by molar-refractivity contribution is 5.36. The number of ether oxygens (including phenoxy) is 2. The van der Waals surface area contributed by atoms with Gasteiger partial charge in [0.1, 0.15) is 18.1 Å². The predicted molar refractivity (Wildman–Crippen MR) is 65.6 cm³/mol. The lowest BCUT2D eigenvalue weighted by molar-refractivity contribution is 0.0322. The van der Waals surface area contributed by atoms with Crippen LogP contribution in [0, 0.1) is 6.92 Å². The van der Waals surface area contributed by atoms with Crippen molar-refractivity contribution in [3.63, 3.8) is 0 Å². The zero-order chi connectivity index (χ0) is 12.1. The summed E-state index contributed by atoms with van der Waals surface area (Å²) in [5, 5.41) is 9.43. The van der Waals surface area contributed by atoms with Gasteiger partial charge in [0, 0.05) is 25.7 Å². The molecule has 0 radical (unpaired) electrons. The van der Waals surface area contributed by atoms with Gasteiger partial charge >= 0.3 is 0 Å². The lowest BCUT2D eigenvalue weighted by Crippen LogP contribution is -2.38. The van der Waals surface area contributed by atoms with Gasteiger partial charge in [-0.25, -0.2) is 0 Å². The summed E-state index contributed by atoms with van der Waals surface area (Å²) in [6.07, 6.45) is 0. The molecule has 4 nitrogen and oxygen atoms in total. The molecule has 1 saturated heterocycles. The molecule has 1 aliphatic rings. The van der Waals surface area contributed by atoms with Crippen molar-refractivity contribution in [2.24, 2.45) is 0 Å². The van der Waals surface area contributed by atoms with E-state index < -0.39 is 0 Å². The van der Waals surface area contributed by atoms with E-state index in [0.29, 0.717) is 6.61 Å². The fourth-order valence-corrected chi connectivity index (χ4v) is 1.93. The third kappa shape index (κ3) is 3.91. The van der Waals surface area contributed by atoms with Crippen LogP contribution in [0.3, 0.4) is 0 Å². The second-order valence-electron chi connectivity index (χ2n) is 4.31. The molecular weight excluding hydrogens is 218 g/mol. The van der Waals surface area contributed by atoms with Crippen LogP contribution in [-0.2, 0) is 4.74 Å². The van der Waals surface area contributed by atoms with Crippen molar-refractivity contribution in [1.82, 2.24) is 4.90 Å². The number of aromatic hydroxyl groups is 1. The summed E-state index contributed by atoms with van der Waals surface area (Å²) >= 11 is 0. The highest BCUT2D eigenvalue weighted by atomic mass is 16.5. The molecule has 0 atom stereocenters. The number of phenols is 1. The van der Waals surface area contributed by atoms with E-state index in [1.807, 2.05) is 13.0 Å². The normalized spacial score (nSPS) is 17.0. The minimum atomic E-state index is 0.256. The Kier molecular flexibility index (Phi) is 4.23. The van der Waals surface area contributed by atoms with Gasteiger partial charge in [0.25, 0.3) is 0 Å². The van der Waals surface area contributed by atoms with Gasteiger partial charge in [0.05, 0.1) is 13.2 Å². The molecule has 0 amide bonds. The van der Waals surface area contributed by atoms with E-state index in [2.05, 4.69) is 4.90 Å². The summed E-state index contributed by atoms with van der Waals surface area (Å²) in [5.41, 5.74) is 1.01. The first-order valence-corrected chi connectivity index (χ1v) is 5.97. The third-order valence-electron chi connectivity index (χ3n) is 2.82. The van der Waals surface area contributed by atoms with Gasteiger partial charge in [-0.05, 0) is 24.6 Å². The number of hydrogen-bond donors (Lipinski definition) is 1.